The van der Waals surface area contributed by atoms with Gasteiger partial charge in [-0.15, -0.1) is 0 Å². The van der Waals surface area contributed by atoms with Gasteiger partial charge in [-0.1, -0.05) is 0 Å². The number of carbonyl (C=O) groups is 1. The molecule has 5 nitrogen and oxygen atoms in total. The molecule has 0 atom stereocenters. The van der Waals surface area contributed by atoms with E-state index in [1.807, 2.05) is 16.9 Å². The Kier molecular flexibility index (Phi) is 4.08. The third-order valence-electron chi connectivity index (χ3n) is 2.95. The van der Waals surface area contributed by atoms with E-state index in [-0.39, 0.29) is 5.78 Å². The van der Waals surface area contributed by atoms with Gasteiger partial charge in [0.05, 0.1) is 11.3 Å². The number of Topliss-reactive ketones (excluding diaryl/α,β-unsaturated/α-hetero) is 1. The van der Waals surface area contributed by atoms with E-state index >= 15 is 0 Å². The number of hydrogen-bond donors (Lipinski definition) is 1. The van der Waals surface area contributed by atoms with Crippen LogP contribution in [0.15, 0.2) is 30.5 Å². The first-order valence-corrected chi connectivity index (χ1v) is 6.54. The van der Waals surface area contributed by atoms with Crippen molar-refractivity contribution in [3.05, 3.63) is 41.7 Å². The highest BCUT2D eigenvalue weighted by Gasteiger charge is 2.10. The van der Waals surface area contributed by atoms with Gasteiger partial charge in [-0.25, -0.2) is 0 Å². The van der Waals surface area contributed by atoms with Crippen LogP contribution in [0.4, 0.5) is 5.69 Å². The molecule has 0 aliphatic heterocycles. The van der Waals surface area contributed by atoms with E-state index in [0.717, 1.165) is 5.69 Å². The van der Waals surface area contributed by atoms with Crippen LogP contribution in [0.2, 0.25) is 0 Å². The Balaban J connectivity index is 2.12. The van der Waals surface area contributed by atoms with Crippen LogP contribution in [0, 0.1) is 0 Å². The zero-order valence-corrected chi connectivity index (χ0v) is 12.0. The lowest BCUT2D eigenvalue weighted by Gasteiger charge is -2.09. The van der Waals surface area contributed by atoms with E-state index in [9.17, 15) is 4.79 Å². The van der Waals surface area contributed by atoms with E-state index in [0.29, 0.717) is 29.6 Å². The van der Waals surface area contributed by atoms with E-state index in [4.69, 9.17) is 10.5 Å². The van der Waals surface area contributed by atoms with Crippen molar-refractivity contribution < 1.29 is 9.53 Å². The van der Waals surface area contributed by atoms with Crippen LogP contribution in [0.25, 0.3) is 0 Å². The molecule has 0 aliphatic rings. The van der Waals surface area contributed by atoms with Crippen molar-refractivity contribution in [1.82, 2.24) is 9.78 Å². The van der Waals surface area contributed by atoms with Gasteiger partial charge in [-0.05, 0) is 45.0 Å². The molecule has 0 spiro atoms. The normalized spacial score (nSPS) is 10.8. The summed E-state index contributed by atoms with van der Waals surface area (Å²) in [4.78, 5) is 11.6. The smallest absolute Gasteiger partial charge is 0.163 e. The number of benzene rings is 1. The van der Waals surface area contributed by atoms with Gasteiger partial charge in [0.15, 0.2) is 5.78 Å². The summed E-state index contributed by atoms with van der Waals surface area (Å²) in [6.45, 7) is 5.94. The van der Waals surface area contributed by atoms with E-state index in [1.54, 1.807) is 18.2 Å². The number of nitrogens with two attached hydrogens (primary N) is 1. The minimum atomic E-state index is -0.0694. The first-order valence-electron chi connectivity index (χ1n) is 6.54. The van der Waals surface area contributed by atoms with Gasteiger partial charge in [0, 0.05) is 17.9 Å². The molecule has 1 heterocycles. The van der Waals surface area contributed by atoms with Gasteiger partial charge >= 0.3 is 0 Å². The molecule has 0 radical (unpaired) electrons. The van der Waals surface area contributed by atoms with E-state index in [1.165, 1.54) is 6.92 Å². The Morgan fingerprint density at radius 1 is 1.40 bits per heavy atom. The largest absolute Gasteiger partial charge is 0.486 e. The summed E-state index contributed by atoms with van der Waals surface area (Å²) >= 11 is 0. The zero-order valence-electron chi connectivity index (χ0n) is 12.0. The van der Waals surface area contributed by atoms with E-state index < -0.39 is 0 Å². The maximum atomic E-state index is 11.6. The second-order valence-electron chi connectivity index (χ2n) is 4.98. The Morgan fingerprint density at radius 3 is 2.75 bits per heavy atom. The molecule has 0 fully saturated rings. The van der Waals surface area contributed by atoms with Gasteiger partial charge in [-0.3, -0.25) is 9.48 Å². The summed E-state index contributed by atoms with van der Waals surface area (Å²) in [6, 6.07) is 7.28. The van der Waals surface area contributed by atoms with Crippen LogP contribution < -0.4 is 10.5 Å². The number of carbonyl (C=O) groups excluding carboxylic acids is 1. The lowest BCUT2D eigenvalue weighted by atomic mass is 10.1. The molecule has 2 N–H and O–H groups in total. The lowest BCUT2D eigenvalue weighted by Crippen LogP contribution is -2.05. The monoisotopic (exact) mass is 273 g/mol. The molecule has 20 heavy (non-hydrogen) atoms. The van der Waals surface area contributed by atoms with Crippen LogP contribution in [-0.2, 0) is 6.61 Å². The topological polar surface area (TPSA) is 70.1 Å². The second kappa shape index (κ2) is 5.77. The van der Waals surface area contributed by atoms with Gasteiger partial charge in [0.1, 0.15) is 12.4 Å². The highest BCUT2D eigenvalue weighted by molar-refractivity contribution is 5.97. The third kappa shape index (κ3) is 3.17. The van der Waals surface area contributed by atoms with Crippen molar-refractivity contribution in [2.45, 2.75) is 33.4 Å². The molecule has 0 amide bonds. The maximum absolute atomic E-state index is 11.6. The molecule has 0 saturated heterocycles. The van der Waals surface area contributed by atoms with Crippen molar-refractivity contribution in [2.24, 2.45) is 0 Å². The van der Waals surface area contributed by atoms with Crippen molar-refractivity contribution >= 4 is 11.5 Å². The molecule has 1 aromatic heterocycles. The predicted molar refractivity (Wildman–Crippen MR) is 77.8 cm³/mol. The molecule has 5 heteroatoms. The highest BCUT2D eigenvalue weighted by Crippen LogP contribution is 2.23. The second-order valence-corrected chi connectivity index (χ2v) is 4.98. The van der Waals surface area contributed by atoms with Crippen LogP contribution in [-0.4, -0.2) is 15.6 Å². The standard InChI is InChI=1S/C15H19N3O2/c1-10(2)18-7-6-13(17-18)9-20-15-5-4-12(16)8-14(15)11(3)19/h4-8,10H,9,16H2,1-3H3. The number of aromatic nitrogens is 2. The summed E-state index contributed by atoms with van der Waals surface area (Å²) in [6.07, 6.45) is 1.91. The minimum Gasteiger partial charge on any atom is -0.486 e. The van der Waals surface area contributed by atoms with Crippen LogP contribution in [0.1, 0.15) is 42.9 Å². The van der Waals surface area contributed by atoms with Crippen molar-refractivity contribution in [3.8, 4) is 5.75 Å². The van der Waals surface area contributed by atoms with Crippen molar-refractivity contribution in [2.75, 3.05) is 5.73 Å². The highest BCUT2D eigenvalue weighted by atomic mass is 16.5. The molecular weight excluding hydrogens is 254 g/mol. The first kappa shape index (κ1) is 14.1. The Hall–Kier alpha value is -2.30. The van der Waals surface area contributed by atoms with E-state index in [2.05, 4.69) is 18.9 Å². The van der Waals surface area contributed by atoms with Crippen molar-refractivity contribution in [3.63, 3.8) is 0 Å². The number of rotatable bonds is 5. The van der Waals surface area contributed by atoms with Gasteiger partial charge in [0.2, 0.25) is 0 Å². The summed E-state index contributed by atoms with van der Waals surface area (Å²) in [5.41, 5.74) is 7.55. The molecule has 2 aromatic rings. The molecule has 1 aromatic carbocycles. The first-order chi connectivity index (χ1) is 9.47. The quantitative estimate of drug-likeness (QED) is 0.671. The van der Waals surface area contributed by atoms with Crippen molar-refractivity contribution in [1.29, 1.82) is 0 Å². The number of nitrogens with zero attached hydrogens (tertiary/aromatic N) is 2. The fourth-order valence-corrected chi connectivity index (χ4v) is 1.84. The molecule has 2 rings (SSSR count). The third-order valence-corrected chi connectivity index (χ3v) is 2.95. The van der Waals surface area contributed by atoms with Gasteiger partial charge in [0.25, 0.3) is 0 Å². The summed E-state index contributed by atoms with van der Waals surface area (Å²) < 4.78 is 7.55. The molecular formula is C15H19N3O2. The Morgan fingerprint density at radius 2 is 2.15 bits per heavy atom. The van der Waals surface area contributed by atoms with Gasteiger partial charge in [-0.2, -0.15) is 5.10 Å². The maximum Gasteiger partial charge on any atom is 0.163 e. The van der Waals surface area contributed by atoms with Crippen LogP contribution in [0.5, 0.6) is 5.75 Å². The number of nitrogen functional groups attached to an aromatic ring is 1. The SMILES string of the molecule is CC(=O)c1cc(N)ccc1OCc1ccn(C(C)C)n1. The number of ketones is 1. The Labute approximate surface area is 118 Å². The van der Waals surface area contributed by atoms with Crippen LogP contribution >= 0.6 is 0 Å². The molecule has 0 bridgehead atoms. The number of anilines is 1. The minimum absolute atomic E-state index is 0.0694. The molecule has 0 unspecified atom stereocenters. The summed E-state index contributed by atoms with van der Waals surface area (Å²) in [5.74, 6) is 0.464. The summed E-state index contributed by atoms with van der Waals surface area (Å²) in [5, 5.41) is 4.40. The summed E-state index contributed by atoms with van der Waals surface area (Å²) in [7, 11) is 0. The average Bonchev–Trinajstić information content (AvgIpc) is 2.86. The fraction of sp³-hybridized carbons (Fsp3) is 0.333. The predicted octanol–water partition coefficient (Wildman–Crippen LogP) is 2.83. The molecule has 0 aliphatic carbocycles. The molecule has 0 saturated carbocycles. The fourth-order valence-electron chi connectivity index (χ4n) is 1.84. The van der Waals surface area contributed by atoms with Gasteiger partial charge < -0.3 is 10.5 Å². The van der Waals surface area contributed by atoms with Crippen LogP contribution in [0.3, 0.4) is 0 Å². The number of ether oxygens (including phenoxy) is 1. The molecule has 106 valence electrons. The zero-order chi connectivity index (χ0) is 14.7. The lowest BCUT2D eigenvalue weighted by molar-refractivity contribution is 0.101. The Bertz CT molecular complexity index is 617. The average molecular weight is 273 g/mol. The number of hydrogen-bond acceptors (Lipinski definition) is 4.